The highest BCUT2D eigenvalue weighted by molar-refractivity contribution is 7.99. The van der Waals surface area contributed by atoms with E-state index in [0.717, 1.165) is 12.0 Å². The van der Waals surface area contributed by atoms with Gasteiger partial charge in [-0.15, -0.1) is 0 Å². The van der Waals surface area contributed by atoms with E-state index in [1.54, 1.807) is 0 Å². The minimum atomic E-state index is 0.796. The molecule has 0 aliphatic carbocycles. The lowest BCUT2D eigenvalue weighted by Crippen LogP contribution is -2.34. The first-order chi connectivity index (χ1) is 5.29. The van der Waals surface area contributed by atoms with E-state index in [2.05, 4.69) is 30.9 Å². The lowest BCUT2D eigenvalue weighted by atomic mass is 10.1. The maximum Gasteiger partial charge on any atom is 0.00828 e. The van der Waals surface area contributed by atoms with E-state index in [0.29, 0.717) is 0 Å². The minimum Gasteiger partial charge on any atom is -0.314 e. The van der Waals surface area contributed by atoms with Crippen LogP contribution in [0.25, 0.3) is 0 Å². The van der Waals surface area contributed by atoms with Crippen LogP contribution < -0.4 is 5.32 Å². The van der Waals surface area contributed by atoms with Crippen LogP contribution in [0.15, 0.2) is 0 Å². The number of hydrogen-bond donors (Lipinski definition) is 1. The van der Waals surface area contributed by atoms with E-state index in [9.17, 15) is 0 Å². The number of nitrogens with one attached hydrogen (secondary N) is 1. The SMILES string of the molecule is CC(C)CNC1CCSCC1. The summed E-state index contributed by atoms with van der Waals surface area (Å²) in [5.74, 6) is 3.51. The molecular formula is C9H19NS. The first-order valence-electron chi connectivity index (χ1n) is 4.60. The summed E-state index contributed by atoms with van der Waals surface area (Å²) in [5.41, 5.74) is 0. The van der Waals surface area contributed by atoms with Gasteiger partial charge in [-0.05, 0) is 36.8 Å². The van der Waals surface area contributed by atoms with Crippen molar-refractivity contribution in [2.75, 3.05) is 18.1 Å². The molecule has 1 aliphatic rings. The molecule has 11 heavy (non-hydrogen) atoms. The smallest absolute Gasteiger partial charge is 0.00828 e. The zero-order valence-electron chi connectivity index (χ0n) is 7.60. The second kappa shape index (κ2) is 5.04. The Labute approximate surface area is 74.3 Å². The third-order valence-electron chi connectivity index (χ3n) is 2.04. The lowest BCUT2D eigenvalue weighted by Gasteiger charge is -2.23. The molecule has 0 amide bonds. The van der Waals surface area contributed by atoms with Crippen molar-refractivity contribution in [2.45, 2.75) is 32.7 Å². The molecule has 2 heteroatoms. The number of hydrogen-bond acceptors (Lipinski definition) is 2. The lowest BCUT2D eigenvalue weighted by molar-refractivity contribution is 0.442. The summed E-state index contributed by atoms with van der Waals surface area (Å²) in [5, 5.41) is 3.61. The van der Waals surface area contributed by atoms with Gasteiger partial charge < -0.3 is 5.32 Å². The maximum absolute atomic E-state index is 3.61. The summed E-state index contributed by atoms with van der Waals surface area (Å²) >= 11 is 2.09. The molecule has 1 nitrogen and oxygen atoms in total. The van der Waals surface area contributed by atoms with E-state index in [1.807, 2.05) is 0 Å². The van der Waals surface area contributed by atoms with Gasteiger partial charge in [0.1, 0.15) is 0 Å². The average molecular weight is 173 g/mol. The Bertz CT molecular complexity index is 97.7. The monoisotopic (exact) mass is 173 g/mol. The van der Waals surface area contributed by atoms with Gasteiger partial charge in [0.05, 0.1) is 0 Å². The molecule has 0 spiro atoms. The van der Waals surface area contributed by atoms with Crippen molar-refractivity contribution in [3.8, 4) is 0 Å². The summed E-state index contributed by atoms with van der Waals surface area (Å²) in [7, 11) is 0. The molecule has 1 rings (SSSR count). The van der Waals surface area contributed by atoms with Crippen molar-refractivity contribution < 1.29 is 0 Å². The van der Waals surface area contributed by atoms with Gasteiger partial charge in [-0.1, -0.05) is 13.8 Å². The van der Waals surface area contributed by atoms with Crippen LogP contribution in [0.1, 0.15) is 26.7 Å². The summed E-state index contributed by atoms with van der Waals surface area (Å²) < 4.78 is 0. The second-order valence-electron chi connectivity index (χ2n) is 3.69. The third-order valence-corrected chi connectivity index (χ3v) is 3.08. The molecule has 1 N–H and O–H groups in total. The van der Waals surface area contributed by atoms with Crippen molar-refractivity contribution in [1.29, 1.82) is 0 Å². The van der Waals surface area contributed by atoms with Gasteiger partial charge in [0, 0.05) is 6.04 Å². The van der Waals surface area contributed by atoms with E-state index in [-0.39, 0.29) is 0 Å². The van der Waals surface area contributed by atoms with E-state index in [1.165, 1.54) is 30.9 Å². The second-order valence-corrected chi connectivity index (χ2v) is 4.91. The molecule has 0 saturated carbocycles. The Morgan fingerprint density at radius 2 is 2.00 bits per heavy atom. The summed E-state index contributed by atoms with van der Waals surface area (Å²) in [6.45, 7) is 5.73. The average Bonchev–Trinajstić information content (AvgIpc) is 2.03. The fourth-order valence-electron chi connectivity index (χ4n) is 1.30. The molecule has 1 aliphatic heterocycles. The molecule has 0 unspecified atom stereocenters. The van der Waals surface area contributed by atoms with Gasteiger partial charge in [0.15, 0.2) is 0 Å². The standard InChI is InChI=1S/C9H19NS/c1-8(2)7-10-9-3-5-11-6-4-9/h8-10H,3-7H2,1-2H3. The van der Waals surface area contributed by atoms with E-state index in [4.69, 9.17) is 0 Å². The molecule has 0 radical (unpaired) electrons. The van der Waals surface area contributed by atoms with Gasteiger partial charge >= 0.3 is 0 Å². The minimum absolute atomic E-state index is 0.796. The molecular weight excluding hydrogens is 154 g/mol. The normalized spacial score (nSPS) is 21.0. The van der Waals surface area contributed by atoms with E-state index < -0.39 is 0 Å². The molecule has 0 aromatic carbocycles. The third kappa shape index (κ3) is 4.02. The Balaban J connectivity index is 2.05. The Kier molecular flexibility index (Phi) is 4.31. The Morgan fingerprint density at radius 3 is 2.55 bits per heavy atom. The van der Waals surface area contributed by atoms with Crippen LogP contribution in [0.4, 0.5) is 0 Å². The number of thioether (sulfide) groups is 1. The summed E-state index contributed by atoms with van der Waals surface area (Å²) in [4.78, 5) is 0. The van der Waals surface area contributed by atoms with Crippen molar-refractivity contribution in [1.82, 2.24) is 5.32 Å². The van der Waals surface area contributed by atoms with Crippen molar-refractivity contribution in [2.24, 2.45) is 5.92 Å². The number of rotatable bonds is 3. The Hall–Kier alpha value is 0.310. The highest BCUT2D eigenvalue weighted by atomic mass is 32.2. The van der Waals surface area contributed by atoms with Gasteiger partial charge in [-0.3, -0.25) is 0 Å². The Morgan fingerprint density at radius 1 is 1.36 bits per heavy atom. The van der Waals surface area contributed by atoms with Crippen molar-refractivity contribution >= 4 is 11.8 Å². The van der Waals surface area contributed by atoms with Crippen molar-refractivity contribution in [3.63, 3.8) is 0 Å². The summed E-state index contributed by atoms with van der Waals surface area (Å²) in [6.07, 6.45) is 2.74. The van der Waals surface area contributed by atoms with Crippen LogP contribution in [0.2, 0.25) is 0 Å². The molecule has 1 heterocycles. The highest BCUT2D eigenvalue weighted by Gasteiger charge is 2.12. The van der Waals surface area contributed by atoms with Crippen LogP contribution in [0.5, 0.6) is 0 Å². The zero-order chi connectivity index (χ0) is 8.10. The highest BCUT2D eigenvalue weighted by Crippen LogP contribution is 2.16. The first-order valence-corrected chi connectivity index (χ1v) is 5.75. The predicted octanol–water partition coefficient (Wildman–Crippen LogP) is 2.13. The molecule has 1 fully saturated rings. The molecule has 66 valence electrons. The van der Waals surface area contributed by atoms with Gasteiger partial charge in [0.2, 0.25) is 0 Å². The summed E-state index contributed by atoms with van der Waals surface area (Å²) in [6, 6.07) is 0.818. The van der Waals surface area contributed by atoms with Crippen LogP contribution in [0, 0.1) is 5.92 Å². The fraction of sp³-hybridized carbons (Fsp3) is 1.00. The topological polar surface area (TPSA) is 12.0 Å². The quantitative estimate of drug-likeness (QED) is 0.701. The fourth-order valence-corrected chi connectivity index (χ4v) is 2.41. The van der Waals surface area contributed by atoms with Gasteiger partial charge in [-0.25, -0.2) is 0 Å². The largest absolute Gasteiger partial charge is 0.314 e. The molecule has 0 atom stereocenters. The van der Waals surface area contributed by atoms with E-state index >= 15 is 0 Å². The molecule has 0 bridgehead atoms. The first kappa shape index (κ1) is 9.40. The van der Waals surface area contributed by atoms with Gasteiger partial charge in [0.25, 0.3) is 0 Å². The maximum atomic E-state index is 3.61. The van der Waals surface area contributed by atoms with Crippen LogP contribution in [0.3, 0.4) is 0 Å². The van der Waals surface area contributed by atoms with Crippen LogP contribution in [-0.4, -0.2) is 24.1 Å². The van der Waals surface area contributed by atoms with Crippen LogP contribution >= 0.6 is 11.8 Å². The predicted molar refractivity (Wildman–Crippen MR) is 53.2 cm³/mol. The zero-order valence-corrected chi connectivity index (χ0v) is 8.41. The van der Waals surface area contributed by atoms with Crippen molar-refractivity contribution in [3.05, 3.63) is 0 Å². The van der Waals surface area contributed by atoms with Crippen LogP contribution in [-0.2, 0) is 0 Å². The molecule has 0 aromatic rings. The van der Waals surface area contributed by atoms with Gasteiger partial charge in [-0.2, -0.15) is 11.8 Å². The molecule has 1 saturated heterocycles. The molecule has 0 aromatic heterocycles.